The molecule has 0 unspecified atom stereocenters. The van der Waals surface area contributed by atoms with Gasteiger partial charge in [-0.3, -0.25) is 4.79 Å². The number of nitrogens with one attached hydrogen (secondary N) is 1. The molecule has 1 amide bonds. The third kappa shape index (κ3) is 4.12. The van der Waals surface area contributed by atoms with Crippen LogP contribution in [0.25, 0.3) is 11.0 Å². The highest BCUT2D eigenvalue weighted by atomic mass is 16.5. The SMILES string of the molecule is COc1cc(OC)c2c(C)c(CC(=O)N[C@H](C(=O)O)c3ccccc3)c(=O)oc2c1. The molecule has 8 heteroatoms. The van der Waals surface area contributed by atoms with Crippen molar-refractivity contribution in [2.75, 3.05) is 14.2 Å². The van der Waals surface area contributed by atoms with Gasteiger partial charge in [-0.05, 0) is 18.1 Å². The average Bonchev–Trinajstić information content (AvgIpc) is 2.74. The predicted molar refractivity (Wildman–Crippen MR) is 109 cm³/mol. The smallest absolute Gasteiger partial charge is 0.340 e. The summed E-state index contributed by atoms with van der Waals surface area (Å²) in [5.74, 6) is -0.932. The molecule has 8 nitrogen and oxygen atoms in total. The van der Waals surface area contributed by atoms with Crippen LogP contribution in [0.1, 0.15) is 22.7 Å². The second kappa shape index (κ2) is 8.69. The van der Waals surface area contributed by atoms with Gasteiger partial charge in [-0.15, -0.1) is 0 Å². The lowest BCUT2D eigenvalue weighted by atomic mass is 10.0. The van der Waals surface area contributed by atoms with Gasteiger partial charge in [0.1, 0.15) is 17.1 Å². The molecule has 0 aliphatic carbocycles. The highest BCUT2D eigenvalue weighted by molar-refractivity contribution is 5.91. The predicted octanol–water partition coefficient (Wildman–Crippen LogP) is 2.60. The van der Waals surface area contributed by atoms with Crippen molar-refractivity contribution in [1.29, 1.82) is 0 Å². The van der Waals surface area contributed by atoms with Gasteiger partial charge in [-0.1, -0.05) is 30.3 Å². The van der Waals surface area contributed by atoms with Crippen LogP contribution in [0.2, 0.25) is 0 Å². The van der Waals surface area contributed by atoms with Crippen molar-refractivity contribution in [2.45, 2.75) is 19.4 Å². The molecule has 0 radical (unpaired) electrons. The molecule has 2 aromatic carbocycles. The Kier molecular flexibility index (Phi) is 6.06. The summed E-state index contributed by atoms with van der Waals surface area (Å²) in [6.45, 7) is 1.68. The lowest BCUT2D eigenvalue weighted by Gasteiger charge is -2.16. The monoisotopic (exact) mass is 411 g/mol. The van der Waals surface area contributed by atoms with E-state index in [1.165, 1.54) is 14.2 Å². The third-order valence-corrected chi connectivity index (χ3v) is 4.79. The fraction of sp³-hybridized carbons (Fsp3) is 0.227. The summed E-state index contributed by atoms with van der Waals surface area (Å²) in [6, 6.07) is 10.3. The van der Waals surface area contributed by atoms with Crippen molar-refractivity contribution in [3.8, 4) is 11.5 Å². The van der Waals surface area contributed by atoms with E-state index in [9.17, 15) is 19.5 Å². The van der Waals surface area contributed by atoms with Gasteiger partial charge >= 0.3 is 11.6 Å². The number of carboxylic acid groups (broad SMARTS) is 1. The number of aryl methyl sites for hydroxylation is 1. The Morgan fingerprint density at radius 1 is 1.13 bits per heavy atom. The summed E-state index contributed by atoms with van der Waals surface area (Å²) < 4.78 is 16.0. The Morgan fingerprint density at radius 3 is 2.43 bits per heavy atom. The molecular formula is C22H21NO7. The number of hydrogen-bond donors (Lipinski definition) is 2. The molecule has 0 aliphatic heterocycles. The van der Waals surface area contributed by atoms with Gasteiger partial charge in [0.05, 0.1) is 31.6 Å². The summed E-state index contributed by atoms with van der Waals surface area (Å²) in [5, 5.41) is 12.5. The minimum atomic E-state index is -1.23. The summed E-state index contributed by atoms with van der Waals surface area (Å²) in [4.78, 5) is 36.7. The molecule has 0 saturated heterocycles. The van der Waals surface area contributed by atoms with Crippen molar-refractivity contribution in [3.63, 3.8) is 0 Å². The molecule has 2 N–H and O–H groups in total. The van der Waals surface area contributed by atoms with Gasteiger partial charge in [0.15, 0.2) is 6.04 Å². The maximum absolute atomic E-state index is 12.6. The Balaban J connectivity index is 1.96. The molecule has 0 spiro atoms. The van der Waals surface area contributed by atoms with Gasteiger partial charge < -0.3 is 24.3 Å². The number of aliphatic carboxylic acids is 1. The second-order valence-corrected chi connectivity index (χ2v) is 6.62. The van der Waals surface area contributed by atoms with E-state index in [0.29, 0.717) is 28.0 Å². The molecule has 3 aromatic rings. The first kappa shape index (κ1) is 20.9. The summed E-state index contributed by atoms with van der Waals surface area (Å²) in [5.41, 5.74) is 0.653. The summed E-state index contributed by atoms with van der Waals surface area (Å²) in [6.07, 6.45) is -0.337. The molecule has 3 rings (SSSR count). The molecule has 0 aliphatic rings. The van der Waals surface area contributed by atoms with Gasteiger partial charge in [0.25, 0.3) is 0 Å². The zero-order valence-corrected chi connectivity index (χ0v) is 16.7. The molecule has 0 bridgehead atoms. The highest BCUT2D eigenvalue weighted by Crippen LogP contribution is 2.33. The van der Waals surface area contributed by atoms with Crippen molar-refractivity contribution in [2.24, 2.45) is 0 Å². The number of carbonyl (C=O) groups is 2. The summed E-state index contributed by atoms with van der Waals surface area (Å²) in [7, 11) is 2.96. The lowest BCUT2D eigenvalue weighted by Crippen LogP contribution is -2.35. The van der Waals surface area contributed by atoms with Crippen LogP contribution >= 0.6 is 0 Å². The number of benzene rings is 2. The highest BCUT2D eigenvalue weighted by Gasteiger charge is 2.24. The van der Waals surface area contributed by atoms with Crippen LogP contribution in [0.3, 0.4) is 0 Å². The summed E-state index contributed by atoms with van der Waals surface area (Å²) >= 11 is 0. The number of carbonyl (C=O) groups excluding carboxylic acids is 1. The number of methoxy groups -OCH3 is 2. The van der Waals surface area contributed by atoms with Crippen molar-refractivity contribution in [3.05, 3.63) is 69.6 Å². The molecule has 0 saturated carbocycles. The molecule has 30 heavy (non-hydrogen) atoms. The van der Waals surface area contributed by atoms with Gasteiger partial charge in [0, 0.05) is 12.1 Å². The number of carboxylic acids is 1. The Bertz CT molecular complexity index is 1150. The number of hydrogen-bond acceptors (Lipinski definition) is 6. The van der Waals surface area contributed by atoms with Gasteiger partial charge in [-0.2, -0.15) is 0 Å². The molecule has 0 fully saturated rings. The molecule has 156 valence electrons. The van der Waals surface area contributed by atoms with E-state index in [4.69, 9.17) is 13.9 Å². The van der Waals surface area contributed by atoms with Crippen LogP contribution < -0.4 is 20.4 Å². The number of rotatable bonds is 7. The fourth-order valence-corrected chi connectivity index (χ4v) is 3.27. The first-order chi connectivity index (χ1) is 14.3. The molecule has 1 aromatic heterocycles. The Hall–Kier alpha value is -3.81. The second-order valence-electron chi connectivity index (χ2n) is 6.62. The van der Waals surface area contributed by atoms with Crippen LogP contribution in [0.5, 0.6) is 11.5 Å². The third-order valence-electron chi connectivity index (χ3n) is 4.79. The number of amides is 1. The van der Waals surface area contributed by atoms with Crippen molar-refractivity contribution < 1.29 is 28.6 Å². The Labute approximate surface area is 172 Å². The van der Waals surface area contributed by atoms with Gasteiger partial charge in [0.2, 0.25) is 5.91 Å². The maximum Gasteiger partial charge on any atom is 0.340 e. The van der Waals surface area contributed by atoms with E-state index in [2.05, 4.69) is 5.32 Å². The lowest BCUT2D eigenvalue weighted by molar-refractivity contribution is -0.142. The zero-order chi connectivity index (χ0) is 21.8. The minimum absolute atomic E-state index is 0.126. The molecule has 1 heterocycles. The van der Waals surface area contributed by atoms with E-state index in [-0.39, 0.29) is 17.6 Å². The maximum atomic E-state index is 12.6. The normalized spacial score (nSPS) is 11.7. The van der Waals surface area contributed by atoms with E-state index in [1.807, 2.05) is 0 Å². The number of fused-ring (bicyclic) bond motifs is 1. The standard InChI is InChI=1S/C22H21NO7/c1-12-15(11-18(24)23-20(21(25)26)13-7-5-4-6-8-13)22(27)30-17-10-14(28-2)9-16(29-3)19(12)17/h4-10,20H,11H2,1-3H3,(H,23,24)(H,25,26)/t20-/m0/s1. The van der Waals surface area contributed by atoms with Crippen LogP contribution in [0.15, 0.2) is 51.7 Å². The van der Waals surface area contributed by atoms with Crippen LogP contribution in [0.4, 0.5) is 0 Å². The van der Waals surface area contributed by atoms with E-state index in [0.717, 1.165) is 0 Å². The van der Waals surface area contributed by atoms with Crippen LogP contribution in [-0.2, 0) is 16.0 Å². The van der Waals surface area contributed by atoms with Crippen molar-refractivity contribution >= 4 is 22.8 Å². The first-order valence-electron chi connectivity index (χ1n) is 9.11. The minimum Gasteiger partial charge on any atom is -0.496 e. The fourth-order valence-electron chi connectivity index (χ4n) is 3.27. The quantitative estimate of drug-likeness (QED) is 0.574. The Morgan fingerprint density at radius 2 is 1.83 bits per heavy atom. The zero-order valence-electron chi connectivity index (χ0n) is 16.7. The van der Waals surface area contributed by atoms with E-state index in [1.54, 1.807) is 49.4 Å². The van der Waals surface area contributed by atoms with Crippen molar-refractivity contribution in [1.82, 2.24) is 5.32 Å². The molecule has 1 atom stereocenters. The largest absolute Gasteiger partial charge is 0.496 e. The molecular weight excluding hydrogens is 390 g/mol. The van der Waals surface area contributed by atoms with E-state index < -0.39 is 23.5 Å². The van der Waals surface area contributed by atoms with E-state index >= 15 is 0 Å². The van der Waals surface area contributed by atoms with Crippen LogP contribution in [-0.4, -0.2) is 31.2 Å². The average molecular weight is 411 g/mol. The van der Waals surface area contributed by atoms with Gasteiger partial charge in [-0.25, -0.2) is 9.59 Å². The van der Waals surface area contributed by atoms with Crippen LogP contribution in [0, 0.1) is 6.92 Å². The topological polar surface area (TPSA) is 115 Å². The number of ether oxygens (including phenoxy) is 2. The first-order valence-corrected chi connectivity index (χ1v) is 9.11.